The maximum Gasteiger partial charge on any atom is 0.405 e. The van der Waals surface area contributed by atoms with Gasteiger partial charge < -0.3 is 4.74 Å². The Morgan fingerprint density at radius 1 is 1.15 bits per heavy atom. The van der Waals surface area contributed by atoms with Gasteiger partial charge in [-0.2, -0.15) is 45.2 Å². The third kappa shape index (κ3) is 5.42. The van der Waals surface area contributed by atoms with Crippen LogP contribution in [0.15, 0.2) is 48.5 Å². The molecule has 2 aromatic carbocycles. The van der Waals surface area contributed by atoms with Gasteiger partial charge in [-0.1, -0.05) is 24.3 Å². The van der Waals surface area contributed by atoms with Crippen LogP contribution in [0.3, 0.4) is 0 Å². The van der Waals surface area contributed by atoms with Gasteiger partial charge in [0.1, 0.15) is 35.9 Å². The normalized spacial score (nSPS) is 18.2. The summed E-state index contributed by atoms with van der Waals surface area (Å²) in [6.45, 7) is -0.890. The van der Waals surface area contributed by atoms with Crippen LogP contribution in [-0.2, 0) is 16.8 Å². The summed E-state index contributed by atoms with van der Waals surface area (Å²) in [7, 11) is -2.37. The van der Waals surface area contributed by atoms with Crippen molar-refractivity contribution in [3.8, 4) is 11.9 Å². The number of nitrogens with zero attached hydrogens (tertiary/aromatic N) is 5. The fourth-order valence-electron chi connectivity index (χ4n) is 4.45. The second kappa shape index (κ2) is 11.0. The Kier molecular flexibility index (Phi) is 7.97. The molecule has 0 saturated carbocycles. The van der Waals surface area contributed by atoms with E-state index in [4.69, 9.17) is 4.74 Å². The summed E-state index contributed by atoms with van der Waals surface area (Å²) in [4.78, 5) is 13.3. The molecule has 1 aliphatic heterocycles. The van der Waals surface area contributed by atoms with Crippen LogP contribution in [0.25, 0.3) is 0 Å². The lowest BCUT2D eigenvalue weighted by Gasteiger charge is -2.30. The number of carbonyl (C=O) groups is 1. The molecule has 0 N–H and O–H groups in total. The summed E-state index contributed by atoms with van der Waals surface area (Å²) in [6.07, 6.45) is -5.46. The maximum atomic E-state index is 14.5. The summed E-state index contributed by atoms with van der Waals surface area (Å²) in [5, 5.41) is 14.0. The smallest absolute Gasteiger partial charge is 0.405 e. The monoisotopic (exact) mass is 583 g/mol. The molecule has 2 heterocycles. The van der Waals surface area contributed by atoms with Gasteiger partial charge in [0.25, 0.3) is 16.1 Å². The Morgan fingerprint density at radius 3 is 2.38 bits per heavy atom. The van der Waals surface area contributed by atoms with Gasteiger partial charge in [0.05, 0.1) is 11.3 Å². The van der Waals surface area contributed by atoms with E-state index in [2.05, 4.69) is 5.10 Å². The lowest BCUT2D eigenvalue weighted by Crippen LogP contribution is -2.50. The Bertz CT molecular complexity index is 1570. The van der Waals surface area contributed by atoms with E-state index in [1.165, 1.54) is 24.3 Å². The fraction of sp³-hybridized carbons (Fsp3) is 0.320. The van der Waals surface area contributed by atoms with E-state index in [1.807, 2.05) is 0 Å². The predicted molar refractivity (Wildman–Crippen MR) is 130 cm³/mol. The molecule has 2 unspecified atom stereocenters. The van der Waals surface area contributed by atoms with Crippen LogP contribution < -0.4 is 4.74 Å². The molecule has 3 aromatic rings. The average molecular weight is 584 g/mol. The molecule has 4 rings (SSSR count). The van der Waals surface area contributed by atoms with Crippen LogP contribution in [0.2, 0.25) is 0 Å². The molecule has 1 aromatic heterocycles. The maximum absolute atomic E-state index is 14.5. The van der Waals surface area contributed by atoms with Crippen molar-refractivity contribution in [1.29, 1.82) is 5.26 Å². The quantitative estimate of drug-likeness (QED) is 0.392. The Labute approximate surface area is 226 Å². The molecule has 1 saturated heterocycles. The fourth-order valence-corrected chi connectivity index (χ4v) is 5.75. The molecule has 0 bridgehead atoms. The molecule has 0 aliphatic carbocycles. The van der Waals surface area contributed by atoms with Crippen molar-refractivity contribution < 1.29 is 39.9 Å². The van der Waals surface area contributed by atoms with Crippen LogP contribution in [0.4, 0.5) is 22.0 Å². The first-order chi connectivity index (χ1) is 18.8. The molecule has 40 heavy (non-hydrogen) atoms. The zero-order valence-corrected chi connectivity index (χ0v) is 21.9. The first-order valence-electron chi connectivity index (χ1n) is 11.7. The highest BCUT2D eigenvalue weighted by Gasteiger charge is 2.57. The van der Waals surface area contributed by atoms with Crippen molar-refractivity contribution >= 4 is 16.1 Å². The lowest BCUT2D eigenvalue weighted by molar-refractivity contribution is -0.169. The van der Waals surface area contributed by atoms with Crippen LogP contribution in [0, 0.1) is 23.0 Å². The SMILES string of the molecule is CN(C)S(=O)(=O)N1CCC(c2nn(C(=O)c3ccccc3F)c(OCc3ccc(F)cc3)c2C#N)C1C(F)(F)F. The summed E-state index contributed by atoms with van der Waals surface area (Å²) in [6, 6.07) is 8.84. The summed E-state index contributed by atoms with van der Waals surface area (Å²) < 4.78 is 103. The number of aromatic nitrogens is 2. The van der Waals surface area contributed by atoms with Crippen LogP contribution in [-0.4, -0.2) is 65.6 Å². The van der Waals surface area contributed by atoms with E-state index in [1.54, 1.807) is 6.07 Å². The Balaban J connectivity index is 1.86. The zero-order chi connectivity index (χ0) is 29.4. The summed E-state index contributed by atoms with van der Waals surface area (Å²) in [5.74, 6) is -4.88. The molecule has 212 valence electrons. The number of ether oxygens (including phenoxy) is 1. The first-order valence-corrected chi connectivity index (χ1v) is 13.1. The Morgan fingerprint density at radius 2 is 1.80 bits per heavy atom. The van der Waals surface area contributed by atoms with Gasteiger partial charge in [-0.15, -0.1) is 0 Å². The van der Waals surface area contributed by atoms with Crippen LogP contribution in [0.5, 0.6) is 5.88 Å². The first kappa shape index (κ1) is 29.1. The summed E-state index contributed by atoms with van der Waals surface area (Å²) in [5.41, 5.74) is -1.19. The number of alkyl halides is 3. The highest BCUT2D eigenvalue weighted by Crippen LogP contribution is 2.45. The molecule has 15 heteroatoms. The number of hydrogen-bond donors (Lipinski definition) is 0. The minimum absolute atomic E-state index is 0.273. The Hall–Kier alpha value is -3.87. The largest absolute Gasteiger partial charge is 0.472 e. The molecule has 2 atom stereocenters. The van der Waals surface area contributed by atoms with Gasteiger partial charge in [0.15, 0.2) is 0 Å². The molecule has 9 nitrogen and oxygen atoms in total. The highest BCUT2D eigenvalue weighted by molar-refractivity contribution is 7.86. The van der Waals surface area contributed by atoms with E-state index < -0.39 is 75.1 Å². The standard InChI is InChI=1S/C25H22F5N5O4S/c1-33(2)40(37,38)34-12-11-18(22(34)25(28,29)30)21-19(13-31)24(39-14-15-7-9-16(26)10-8-15)35(32-21)23(36)17-5-3-4-6-20(17)27/h3-10,18,22H,11-12,14H2,1-2H3. The third-order valence-electron chi connectivity index (χ3n) is 6.36. The molecule has 0 radical (unpaired) electrons. The van der Waals surface area contributed by atoms with Crippen molar-refractivity contribution in [2.45, 2.75) is 31.2 Å². The molecule has 0 amide bonds. The number of carbonyl (C=O) groups excluding carboxylic acids is 1. The molecule has 0 spiro atoms. The van der Waals surface area contributed by atoms with Gasteiger partial charge in [0.2, 0.25) is 5.88 Å². The van der Waals surface area contributed by atoms with Crippen molar-refractivity contribution in [2.24, 2.45) is 0 Å². The molecule has 1 aliphatic rings. The number of rotatable bonds is 7. The van der Waals surface area contributed by atoms with Gasteiger partial charge in [-0.05, 0) is 36.2 Å². The van der Waals surface area contributed by atoms with Gasteiger partial charge in [-0.25, -0.2) is 8.78 Å². The van der Waals surface area contributed by atoms with Crippen LogP contribution in [0.1, 0.15) is 39.5 Å². The second-order valence-corrected chi connectivity index (χ2v) is 11.2. The topological polar surface area (TPSA) is 109 Å². The van der Waals surface area contributed by atoms with E-state index in [0.717, 1.165) is 38.4 Å². The molecule has 1 fully saturated rings. The minimum atomic E-state index is -5.08. The van der Waals surface area contributed by atoms with Gasteiger partial charge in [-0.3, -0.25) is 4.79 Å². The number of hydrogen-bond acceptors (Lipinski definition) is 6. The van der Waals surface area contributed by atoms with E-state index in [-0.39, 0.29) is 17.3 Å². The van der Waals surface area contributed by atoms with E-state index in [9.17, 15) is 40.4 Å². The highest BCUT2D eigenvalue weighted by atomic mass is 32.2. The molecular weight excluding hydrogens is 561 g/mol. The number of nitriles is 1. The van der Waals surface area contributed by atoms with Gasteiger partial charge >= 0.3 is 6.18 Å². The van der Waals surface area contributed by atoms with Gasteiger partial charge in [0, 0.05) is 26.6 Å². The number of halogens is 5. The summed E-state index contributed by atoms with van der Waals surface area (Å²) >= 11 is 0. The second-order valence-electron chi connectivity index (χ2n) is 9.07. The van der Waals surface area contributed by atoms with Crippen molar-refractivity contribution in [1.82, 2.24) is 18.4 Å². The van der Waals surface area contributed by atoms with E-state index >= 15 is 0 Å². The van der Waals surface area contributed by atoms with Crippen molar-refractivity contribution in [3.63, 3.8) is 0 Å². The lowest BCUT2D eigenvalue weighted by atomic mass is 9.94. The zero-order valence-electron chi connectivity index (χ0n) is 21.1. The minimum Gasteiger partial charge on any atom is -0.472 e. The van der Waals surface area contributed by atoms with Crippen molar-refractivity contribution in [3.05, 3.63) is 82.5 Å². The molecular formula is C25H22F5N5O4S. The van der Waals surface area contributed by atoms with E-state index in [0.29, 0.717) is 14.6 Å². The third-order valence-corrected chi connectivity index (χ3v) is 8.29. The number of benzene rings is 2. The average Bonchev–Trinajstić information content (AvgIpc) is 3.50. The predicted octanol–water partition coefficient (Wildman–Crippen LogP) is 3.83. The van der Waals surface area contributed by atoms with Crippen molar-refractivity contribution in [2.75, 3.05) is 20.6 Å². The van der Waals surface area contributed by atoms with Crippen LogP contribution >= 0.6 is 0 Å².